The number of hydrogen-bond acceptors (Lipinski definition) is 5. The van der Waals surface area contributed by atoms with Crippen LogP contribution in [0.25, 0.3) is 10.1 Å². The van der Waals surface area contributed by atoms with Gasteiger partial charge in [0.05, 0.1) is 6.10 Å². The summed E-state index contributed by atoms with van der Waals surface area (Å²) in [6.45, 7) is 1.31. The highest BCUT2D eigenvalue weighted by Crippen LogP contribution is 2.28. The van der Waals surface area contributed by atoms with E-state index in [1.165, 1.54) is 22.6 Å². The number of aryl methyl sites for hydroxylation is 1. The number of rotatable bonds is 10. The Morgan fingerprint density at radius 3 is 2.58 bits per heavy atom. The summed E-state index contributed by atoms with van der Waals surface area (Å²) in [6, 6.07) is 8.11. The molecule has 0 radical (unpaired) electrons. The third-order valence-electron chi connectivity index (χ3n) is 4.78. The van der Waals surface area contributed by atoms with Crippen LogP contribution < -0.4 is 11.5 Å². The van der Waals surface area contributed by atoms with Gasteiger partial charge in [0.1, 0.15) is 5.60 Å². The van der Waals surface area contributed by atoms with Gasteiger partial charge < -0.3 is 21.7 Å². The average Bonchev–Trinajstić information content (AvgIpc) is 2.99. The molecular weight excluding hydrogens is 352 g/mol. The van der Waals surface area contributed by atoms with E-state index >= 15 is 0 Å². The summed E-state index contributed by atoms with van der Waals surface area (Å²) < 4.78 is 1.21. The van der Waals surface area contributed by atoms with Crippen molar-refractivity contribution < 1.29 is 19.8 Å². The van der Waals surface area contributed by atoms with Gasteiger partial charge in [-0.15, -0.1) is 11.3 Å². The average molecular weight is 378 g/mol. The number of benzene rings is 1. The van der Waals surface area contributed by atoms with Gasteiger partial charge in [-0.2, -0.15) is 0 Å². The molecule has 1 heterocycles. The summed E-state index contributed by atoms with van der Waals surface area (Å²) in [7, 11) is 0. The third-order valence-corrected chi connectivity index (χ3v) is 5.79. The van der Waals surface area contributed by atoms with Crippen LogP contribution in [-0.4, -0.2) is 33.7 Å². The molecule has 0 bridgehead atoms. The van der Waals surface area contributed by atoms with Crippen molar-refractivity contribution in [2.75, 3.05) is 0 Å². The van der Waals surface area contributed by atoms with Crippen molar-refractivity contribution in [3.8, 4) is 0 Å². The number of carbonyl (C=O) groups excluding carboxylic acids is 2. The van der Waals surface area contributed by atoms with E-state index in [0.717, 1.165) is 0 Å². The fourth-order valence-electron chi connectivity index (χ4n) is 2.95. The Morgan fingerprint density at radius 2 is 1.92 bits per heavy atom. The Balaban J connectivity index is 1.90. The molecule has 142 valence electrons. The summed E-state index contributed by atoms with van der Waals surface area (Å²) in [5.41, 5.74) is 10.0. The van der Waals surface area contributed by atoms with Gasteiger partial charge in [0, 0.05) is 10.6 Å². The van der Waals surface area contributed by atoms with E-state index in [2.05, 4.69) is 17.5 Å². The van der Waals surface area contributed by atoms with Crippen LogP contribution in [0, 0.1) is 5.92 Å². The summed E-state index contributed by atoms with van der Waals surface area (Å²) >= 11 is 1.67. The number of hydrogen-bond donors (Lipinski definition) is 4. The Kier molecular flexibility index (Phi) is 6.75. The number of fused-ring (bicyclic) bond motifs is 1. The standard InChI is InChI=1S/C19H26N2O4S/c1-19(25,18(21)24)9-8-12(17(20)23)10-14(22)7-6-13-11-26-16-5-3-2-4-15(13)16/h2-5,11-12,14,22,25H,6-10H2,1H3,(H2,20,23)(H2,21,24)/t12-,14+,19?/m1/s1. The second-order valence-electron chi connectivity index (χ2n) is 6.96. The summed E-state index contributed by atoms with van der Waals surface area (Å²) in [5, 5.41) is 23.5. The molecule has 1 unspecified atom stereocenters. The smallest absolute Gasteiger partial charge is 0.249 e. The van der Waals surface area contributed by atoms with Gasteiger partial charge in [-0.3, -0.25) is 9.59 Å². The number of amides is 2. The van der Waals surface area contributed by atoms with Gasteiger partial charge >= 0.3 is 0 Å². The Hall–Kier alpha value is -1.96. The SMILES string of the molecule is CC(O)(CC[C@H](C[C@@H](O)CCc1csc2ccccc12)C(N)=O)C(N)=O. The zero-order chi connectivity index (χ0) is 19.3. The number of primary amides is 2. The zero-order valence-corrected chi connectivity index (χ0v) is 15.7. The van der Waals surface area contributed by atoms with E-state index in [1.54, 1.807) is 11.3 Å². The maximum atomic E-state index is 11.6. The highest BCUT2D eigenvalue weighted by Gasteiger charge is 2.30. The molecule has 1 aromatic carbocycles. The van der Waals surface area contributed by atoms with E-state index < -0.39 is 29.4 Å². The molecule has 0 fully saturated rings. The molecule has 7 heteroatoms. The van der Waals surface area contributed by atoms with Crippen molar-refractivity contribution in [3.63, 3.8) is 0 Å². The molecule has 1 aromatic heterocycles. The van der Waals surface area contributed by atoms with Crippen LogP contribution >= 0.6 is 11.3 Å². The molecule has 26 heavy (non-hydrogen) atoms. The van der Waals surface area contributed by atoms with Crippen LogP contribution in [0.2, 0.25) is 0 Å². The first-order valence-corrected chi connectivity index (χ1v) is 9.53. The van der Waals surface area contributed by atoms with Crippen LogP contribution in [0.3, 0.4) is 0 Å². The first-order valence-electron chi connectivity index (χ1n) is 8.65. The summed E-state index contributed by atoms with van der Waals surface area (Å²) in [5.74, 6) is -2.01. The molecule has 6 N–H and O–H groups in total. The lowest BCUT2D eigenvalue weighted by Gasteiger charge is -2.23. The molecule has 2 aromatic rings. The molecule has 2 amide bonds. The number of nitrogens with two attached hydrogens (primary N) is 2. The Labute approximate surface area is 156 Å². The van der Waals surface area contributed by atoms with Crippen LogP contribution in [0.5, 0.6) is 0 Å². The minimum atomic E-state index is -1.69. The third kappa shape index (κ3) is 5.27. The lowest BCUT2D eigenvalue weighted by Crippen LogP contribution is -2.42. The number of carbonyl (C=O) groups is 2. The molecule has 0 aliphatic carbocycles. The molecule has 6 nitrogen and oxygen atoms in total. The highest BCUT2D eigenvalue weighted by atomic mass is 32.1. The molecule has 0 saturated heterocycles. The predicted octanol–water partition coefficient (Wildman–Crippen LogP) is 1.70. The number of aliphatic hydroxyl groups is 2. The van der Waals surface area contributed by atoms with Crippen molar-refractivity contribution in [2.24, 2.45) is 17.4 Å². The van der Waals surface area contributed by atoms with E-state index in [0.29, 0.717) is 12.8 Å². The normalized spacial score (nSPS) is 16.1. The minimum Gasteiger partial charge on any atom is -0.393 e. The fourth-order valence-corrected chi connectivity index (χ4v) is 3.95. The van der Waals surface area contributed by atoms with Crippen LogP contribution in [-0.2, 0) is 16.0 Å². The maximum Gasteiger partial charge on any atom is 0.249 e. The van der Waals surface area contributed by atoms with Gasteiger partial charge in [0.2, 0.25) is 11.8 Å². The maximum absolute atomic E-state index is 11.6. The topological polar surface area (TPSA) is 127 Å². The zero-order valence-electron chi connectivity index (χ0n) is 14.9. The van der Waals surface area contributed by atoms with Crippen molar-refractivity contribution in [3.05, 3.63) is 35.2 Å². The molecule has 2 rings (SSSR count). The van der Waals surface area contributed by atoms with Crippen LogP contribution in [0.4, 0.5) is 0 Å². The molecular formula is C19H26N2O4S. The molecule has 0 spiro atoms. The van der Waals surface area contributed by atoms with Crippen molar-refractivity contribution in [2.45, 2.75) is 50.7 Å². The lowest BCUT2D eigenvalue weighted by atomic mass is 9.88. The van der Waals surface area contributed by atoms with E-state index in [-0.39, 0.29) is 19.3 Å². The first-order chi connectivity index (χ1) is 12.2. The second-order valence-corrected chi connectivity index (χ2v) is 7.87. The Morgan fingerprint density at radius 1 is 1.23 bits per heavy atom. The van der Waals surface area contributed by atoms with Gasteiger partial charge in [0.25, 0.3) is 0 Å². The summed E-state index contributed by atoms with van der Waals surface area (Å²) in [6.07, 6.45) is 0.949. The van der Waals surface area contributed by atoms with E-state index in [4.69, 9.17) is 11.5 Å². The highest BCUT2D eigenvalue weighted by molar-refractivity contribution is 7.17. The van der Waals surface area contributed by atoms with E-state index in [1.807, 2.05) is 12.1 Å². The van der Waals surface area contributed by atoms with Gasteiger partial charge in [-0.05, 0) is 61.4 Å². The minimum absolute atomic E-state index is 0.0256. The quantitative estimate of drug-likeness (QED) is 0.502. The largest absolute Gasteiger partial charge is 0.393 e. The molecule has 0 aliphatic rings. The predicted molar refractivity (Wildman–Crippen MR) is 103 cm³/mol. The van der Waals surface area contributed by atoms with Crippen molar-refractivity contribution >= 4 is 33.2 Å². The van der Waals surface area contributed by atoms with Crippen molar-refractivity contribution in [1.29, 1.82) is 0 Å². The Bertz CT molecular complexity index is 772. The second kappa shape index (κ2) is 8.62. The van der Waals surface area contributed by atoms with Crippen molar-refractivity contribution in [1.82, 2.24) is 0 Å². The van der Waals surface area contributed by atoms with Gasteiger partial charge in [0.15, 0.2) is 0 Å². The summed E-state index contributed by atoms with van der Waals surface area (Å²) in [4.78, 5) is 22.8. The van der Waals surface area contributed by atoms with Crippen LogP contribution in [0.15, 0.2) is 29.6 Å². The molecule has 0 saturated carbocycles. The van der Waals surface area contributed by atoms with E-state index in [9.17, 15) is 19.8 Å². The van der Waals surface area contributed by atoms with Gasteiger partial charge in [-0.25, -0.2) is 0 Å². The first kappa shape index (κ1) is 20.4. The number of thiophene rings is 1. The fraction of sp³-hybridized carbons (Fsp3) is 0.474. The lowest BCUT2D eigenvalue weighted by molar-refractivity contribution is -0.136. The monoisotopic (exact) mass is 378 g/mol. The van der Waals surface area contributed by atoms with Gasteiger partial charge in [-0.1, -0.05) is 18.2 Å². The molecule has 0 aliphatic heterocycles. The number of aliphatic hydroxyl groups excluding tert-OH is 1. The molecule has 3 atom stereocenters. The van der Waals surface area contributed by atoms with Crippen LogP contribution in [0.1, 0.15) is 38.2 Å².